The first-order valence-corrected chi connectivity index (χ1v) is 10.9. The Labute approximate surface area is 176 Å². The van der Waals surface area contributed by atoms with Gasteiger partial charge in [0.05, 0.1) is 30.3 Å². The lowest BCUT2D eigenvalue weighted by Gasteiger charge is -2.27. The molecule has 5 rings (SSSR count). The smallest absolute Gasteiger partial charge is 0.151 e. The van der Waals surface area contributed by atoms with Crippen molar-refractivity contribution in [3.8, 4) is 11.4 Å². The van der Waals surface area contributed by atoms with Crippen molar-refractivity contribution in [2.75, 3.05) is 36.0 Å². The highest BCUT2D eigenvalue weighted by Crippen LogP contribution is 2.23. The molecule has 0 N–H and O–H groups in total. The average molecular weight is 406 g/mol. The molecule has 2 aliphatic heterocycles. The summed E-state index contributed by atoms with van der Waals surface area (Å²) in [5.74, 6) is 1.87. The van der Waals surface area contributed by atoms with Gasteiger partial charge in [-0.15, -0.1) is 10.2 Å². The highest BCUT2D eigenvalue weighted by molar-refractivity contribution is 5.54. The van der Waals surface area contributed by atoms with Crippen LogP contribution in [0.3, 0.4) is 0 Å². The molecule has 5 heterocycles. The first-order valence-electron chi connectivity index (χ1n) is 10.9. The quantitative estimate of drug-likeness (QED) is 0.640. The Morgan fingerprint density at radius 1 is 0.767 bits per heavy atom. The maximum Gasteiger partial charge on any atom is 0.151 e. The molecular formula is C21H27N9. The minimum atomic E-state index is -0.0659. The van der Waals surface area contributed by atoms with Crippen LogP contribution in [0.5, 0.6) is 0 Å². The van der Waals surface area contributed by atoms with Crippen LogP contribution in [0.2, 0.25) is 0 Å². The molecule has 0 saturated carbocycles. The summed E-state index contributed by atoms with van der Waals surface area (Å²) in [4.78, 5) is 13.7. The first kappa shape index (κ1) is 18.9. The number of aromatic nitrogens is 7. The number of anilines is 2. The summed E-state index contributed by atoms with van der Waals surface area (Å²) in [6.45, 7) is 6.25. The molecule has 30 heavy (non-hydrogen) atoms. The molecule has 0 aliphatic carbocycles. The molecule has 2 aliphatic rings. The van der Waals surface area contributed by atoms with Gasteiger partial charge in [0.15, 0.2) is 5.82 Å². The minimum Gasteiger partial charge on any atom is -0.355 e. The third kappa shape index (κ3) is 3.83. The van der Waals surface area contributed by atoms with E-state index >= 15 is 0 Å². The Morgan fingerprint density at radius 3 is 2.23 bits per heavy atom. The predicted molar refractivity (Wildman–Crippen MR) is 114 cm³/mol. The fraction of sp³-hybridized carbons (Fsp3) is 0.524. The lowest BCUT2D eigenvalue weighted by Crippen LogP contribution is -2.30. The topological polar surface area (TPSA) is 88.8 Å². The van der Waals surface area contributed by atoms with Crippen molar-refractivity contribution in [1.82, 2.24) is 35.2 Å². The van der Waals surface area contributed by atoms with Gasteiger partial charge in [0.25, 0.3) is 0 Å². The summed E-state index contributed by atoms with van der Waals surface area (Å²) < 4.78 is 1.81. The molecule has 2 fully saturated rings. The molecule has 0 spiro atoms. The van der Waals surface area contributed by atoms with Gasteiger partial charge in [0, 0.05) is 26.2 Å². The van der Waals surface area contributed by atoms with Crippen molar-refractivity contribution >= 4 is 11.6 Å². The molecule has 0 bridgehead atoms. The number of nitrogens with zero attached hydrogens (tertiary/aromatic N) is 9. The maximum absolute atomic E-state index is 4.75. The van der Waals surface area contributed by atoms with E-state index < -0.39 is 0 Å². The van der Waals surface area contributed by atoms with Crippen LogP contribution >= 0.6 is 0 Å². The van der Waals surface area contributed by atoms with Crippen LogP contribution in [0.25, 0.3) is 11.4 Å². The van der Waals surface area contributed by atoms with Crippen LogP contribution in [0.1, 0.15) is 50.8 Å². The van der Waals surface area contributed by atoms with Crippen molar-refractivity contribution in [2.45, 2.75) is 45.1 Å². The third-order valence-corrected chi connectivity index (χ3v) is 6.00. The summed E-state index contributed by atoms with van der Waals surface area (Å²) in [6.07, 6.45) is 11.6. The van der Waals surface area contributed by atoms with Gasteiger partial charge in [-0.05, 0) is 51.2 Å². The van der Waals surface area contributed by atoms with Gasteiger partial charge in [-0.25, -0.2) is 9.67 Å². The standard InChI is InChI=1S/C21H27N9/c1-16(17-7-8-20(26-24-17)28-9-3-2-4-10-28)30-15-19(25-27-30)18-13-22-14-21(23-18)29-11-5-6-12-29/h7-8,13-16H,2-6,9-12H2,1H3. The number of hydrogen-bond acceptors (Lipinski definition) is 8. The fourth-order valence-electron chi connectivity index (χ4n) is 4.15. The zero-order valence-electron chi connectivity index (χ0n) is 17.4. The van der Waals surface area contributed by atoms with Gasteiger partial charge in [0.1, 0.15) is 17.2 Å². The lowest BCUT2D eigenvalue weighted by molar-refractivity contribution is 0.524. The number of rotatable bonds is 5. The second kappa shape index (κ2) is 8.33. The molecular weight excluding hydrogens is 378 g/mol. The van der Waals surface area contributed by atoms with E-state index in [0.717, 1.165) is 49.2 Å². The summed E-state index contributed by atoms with van der Waals surface area (Å²) in [6, 6.07) is 4.04. The van der Waals surface area contributed by atoms with E-state index in [-0.39, 0.29) is 6.04 Å². The molecule has 3 aromatic heterocycles. The van der Waals surface area contributed by atoms with E-state index in [1.54, 1.807) is 6.20 Å². The van der Waals surface area contributed by atoms with Gasteiger partial charge in [-0.1, -0.05) is 5.21 Å². The second-order valence-corrected chi connectivity index (χ2v) is 8.08. The largest absolute Gasteiger partial charge is 0.355 e. The van der Waals surface area contributed by atoms with Crippen molar-refractivity contribution in [1.29, 1.82) is 0 Å². The van der Waals surface area contributed by atoms with Gasteiger partial charge in [0.2, 0.25) is 0 Å². The SMILES string of the molecule is CC(c1ccc(N2CCCCC2)nn1)n1cc(-c2cncc(N3CCCC3)n2)nn1. The molecule has 156 valence electrons. The zero-order valence-corrected chi connectivity index (χ0v) is 17.4. The van der Waals surface area contributed by atoms with E-state index in [0.29, 0.717) is 5.69 Å². The Bertz CT molecular complexity index is 972. The molecule has 0 amide bonds. The first-order chi connectivity index (χ1) is 14.8. The molecule has 1 unspecified atom stereocenters. The van der Waals surface area contributed by atoms with Gasteiger partial charge >= 0.3 is 0 Å². The summed E-state index contributed by atoms with van der Waals surface area (Å²) in [7, 11) is 0. The van der Waals surface area contributed by atoms with E-state index in [2.05, 4.69) is 48.3 Å². The highest BCUT2D eigenvalue weighted by Gasteiger charge is 2.18. The summed E-state index contributed by atoms with van der Waals surface area (Å²) in [5.41, 5.74) is 2.32. The maximum atomic E-state index is 4.75. The van der Waals surface area contributed by atoms with Crippen molar-refractivity contribution in [2.24, 2.45) is 0 Å². The van der Waals surface area contributed by atoms with E-state index in [1.165, 1.54) is 32.1 Å². The Hall–Kier alpha value is -3.10. The second-order valence-electron chi connectivity index (χ2n) is 8.08. The van der Waals surface area contributed by atoms with Crippen LogP contribution in [-0.2, 0) is 0 Å². The van der Waals surface area contributed by atoms with Gasteiger partial charge in [-0.2, -0.15) is 5.10 Å². The van der Waals surface area contributed by atoms with Crippen molar-refractivity contribution in [3.05, 3.63) is 36.4 Å². The molecule has 2 saturated heterocycles. The minimum absolute atomic E-state index is 0.0659. The predicted octanol–water partition coefficient (Wildman–Crippen LogP) is 2.72. The zero-order chi connectivity index (χ0) is 20.3. The normalized spacial score (nSPS) is 18.0. The lowest BCUT2D eigenvalue weighted by atomic mass is 10.1. The van der Waals surface area contributed by atoms with E-state index in [1.807, 2.05) is 23.1 Å². The Kier molecular flexibility index (Phi) is 5.25. The summed E-state index contributed by atoms with van der Waals surface area (Å²) >= 11 is 0. The van der Waals surface area contributed by atoms with Crippen molar-refractivity contribution in [3.63, 3.8) is 0 Å². The van der Waals surface area contributed by atoms with Crippen molar-refractivity contribution < 1.29 is 0 Å². The van der Waals surface area contributed by atoms with Crippen LogP contribution < -0.4 is 9.80 Å². The Morgan fingerprint density at radius 2 is 1.50 bits per heavy atom. The number of piperidine rings is 1. The molecule has 3 aromatic rings. The molecule has 1 atom stereocenters. The van der Waals surface area contributed by atoms with Crippen LogP contribution in [0.15, 0.2) is 30.7 Å². The third-order valence-electron chi connectivity index (χ3n) is 6.00. The van der Waals surface area contributed by atoms with E-state index in [4.69, 9.17) is 4.98 Å². The van der Waals surface area contributed by atoms with Crippen LogP contribution in [0.4, 0.5) is 11.6 Å². The molecule has 0 radical (unpaired) electrons. The highest BCUT2D eigenvalue weighted by atomic mass is 15.4. The number of hydrogen-bond donors (Lipinski definition) is 0. The summed E-state index contributed by atoms with van der Waals surface area (Å²) in [5, 5.41) is 17.6. The average Bonchev–Trinajstić information content (AvgIpc) is 3.52. The fourth-order valence-corrected chi connectivity index (χ4v) is 4.15. The monoisotopic (exact) mass is 405 g/mol. The van der Waals surface area contributed by atoms with Gasteiger partial charge in [-0.3, -0.25) is 4.98 Å². The van der Waals surface area contributed by atoms with E-state index in [9.17, 15) is 0 Å². The Balaban J connectivity index is 1.32. The van der Waals surface area contributed by atoms with Crippen LogP contribution in [0, 0.1) is 0 Å². The van der Waals surface area contributed by atoms with Crippen LogP contribution in [-0.4, -0.2) is 61.3 Å². The molecule has 9 nitrogen and oxygen atoms in total. The molecule has 9 heteroatoms. The molecule has 0 aromatic carbocycles. The van der Waals surface area contributed by atoms with Gasteiger partial charge < -0.3 is 9.80 Å².